The van der Waals surface area contributed by atoms with Crippen molar-refractivity contribution in [3.8, 4) is 17.6 Å². The van der Waals surface area contributed by atoms with Gasteiger partial charge in [-0.05, 0) is 48.9 Å². The molecule has 1 aliphatic carbocycles. The molecule has 1 fully saturated rings. The van der Waals surface area contributed by atoms with Gasteiger partial charge in [0.15, 0.2) is 0 Å². The van der Waals surface area contributed by atoms with Crippen molar-refractivity contribution in [1.82, 2.24) is 0 Å². The summed E-state index contributed by atoms with van der Waals surface area (Å²) in [4.78, 5) is 0. The second-order valence-corrected chi connectivity index (χ2v) is 6.64. The van der Waals surface area contributed by atoms with Crippen LogP contribution in [0.5, 0.6) is 5.75 Å². The summed E-state index contributed by atoms with van der Waals surface area (Å²) in [6, 6.07) is 7.67. The minimum atomic E-state index is -0.855. The lowest BCUT2D eigenvalue weighted by Gasteiger charge is -2.41. The highest BCUT2D eigenvalue weighted by atomic mass is 16.5. The molecule has 114 valence electrons. The zero-order chi connectivity index (χ0) is 15.5. The van der Waals surface area contributed by atoms with Crippen molar-refractivity contribution in [3.05, 3.63) is 29.8 Å². The van der Waals surface area contributed by atoms with Crippen LogP contribution in [0.3, 0.4) is 0 Å². The summed E-state index contributed by atoms with van der Waals surface area (Å²) in [5.41, 5.74) is 0.0659. The molecule has 0 bridgehead atoms. The van der Waals surface area contributed by atoms with Gasteiger partial charge in [0.25, 0.3) is 0 Å². The molecule has 0 aromatic heterocycles. The molecule has 0 heterocycles. The molecule has 1 saturated carbocycles. The number of hydrogen-bond donors (Lipinski definition) is 1. The second kappa shape index (κ2) is 6.54. The van der Waals surface area contributed by atoms with Gasteiger partial charge in [0.05, 0.1) is 7.11 Å². The zero-order valence-corrected chi connectivity index (χ0v) is 13.5. The van der Waals surface area contributed by atoms with Gasteiger partial charge in [0, 0.05) is 11.5 Å². The predicted octanol–water partition coefficient (Wildman–Crippen LogP) is 3.87. The minimum Gasteiger partial charge on any atom is -0.497 e. The molecule has 1 aliphatic rings. The Kier molecular flexibility index (Phi) is 4.96. The number of rotatable bonds is 2. The van der Waals surface area contributed by atoms with E-state index < -0.39 is 5.60 Å². The summed E-state index contributed by atoms with van der Waals surface area (Å²) >= 11 is 0. The Labute approximate surface area is 128 Å². The van der Waals surface area contributed by atoms with Crippen LogP contribution in [0.4, 0.5) is 0 Å². The molecular formula is C19H26O2. The van der Waals surface area contributed by atoms with Crippen LogP contribution in [0.2, 0.25) is 0 Å². The standard InChI is InChI=1S/C19H26O2/c1-14(2)18-10-5-15(3)13-19(18,20)12-11-16-6-8-17(21-4)9-7-16/h6-9,14-15,18,20H,5,10,13H2,1-4H3/t15-,18+,19+/m1/s1. The normalized spacial score (nSPS) is 28.9. The van der Waals surface area contributed by atoms with Crippen LogP contribution in [0.1, 0.15) is 45.6 Å². The number of ether oxygens (including phenoxy) is 1. The van der Waals surface area contributed by atoms with Gasteiger partial charge in [-0.25, -0.2) is 0 Å². The average molecular weight is 286 g/mol. The van der Waals surface area contributed by atoms with Crippen molar-refractivity contribution >= 4 is 0 Å². The molecule has 1 N–H and O–H groups in total. The van der Waals surface area contributed by atoms with E-state index in [2.05, 4.69) is 32.6 Å². The van der Waals surface area contributed by atoms with E-state index in [1.54, 1.807) is 7.11 Å². The van der Waals surface area contributed by atoms with E-state index in [1.807, 2.05) is 24.3 Å². The molecule has 21 heavy (non-hydrogen) atoms. The molecule has 0 amide bonds. The van der Waals surface area contributed by atoms with Gasteiger partial charge in [0.1, 0.15) is 11.4 Å². The smallest absolute Gasteiger partial charge is 0.129 e. The molecule has 3 atom stereocenters. The zero-order valence-electron chi connectivity index (χ0n) is 13.5. The molecule has 0 unspecified atom stereocenters. The van der Waals surface area contributed by atoms with Crippen molar-refractivity contribution in [2.24, 2.45) is 17.8 Å². The van der Waals surface area contributed by atoms with Crippen LogP contribution in [-0.4, -0.2) is 17.8 Å². The first-order valence-corrected chi connectivity index (χ1v) is 7.84. The van der Waals surface area contributed by atoms with E-state index in [-0.39, 0.29) is 5.92 Å². The first-order chi connectivity index (χ1) is 9.94. The van der Waals surface area contributed by atoms with E-state index in [0.717, 1.165) is 24.2 Å². The molecule has 0 saturated heterocycles. The summed E-state index contributed by atoms with van der Waals surface area (Å²) < 4.78 is 5.15. The van der Waals surface area contributed by atoms with Crippen LogP contribution >= 0.6 is 0 Å². The fraction of sp³-hybridized carbons (Fsp3) is 0.579. The van der Waals surface area contributed by atoms with E-state index in [0.29, 0.717) is 11.8 Å². The quantitative estimate of drug-likeness (QED) is 0.836. The monoisotopic (exact) mass is 286 g/mol. The summed E-state index contributed by atoms with van der Waals surface area (Å²) in [5.74, 6) is 8.41. The Morgan fingerprint density at radius 3 is 2.48 bits per heavy atom. The molecule has 2 heteroatoms. The lowest BCUT2D eigenvalue weighted by Crippen LogP contribution is -2.44. The number of hydrogen-bond acceptors (Lipinski definition) is 2. The topological polar surface area (TPSA) is 29.5 Å². The summed E-state index contributed by atoms with van der Waals surface area (Å²) in [5, 5.41) is 11.0. The Hall–Kier alpha value is -1.46. The van der Waals surface area contributed by atoms with Crippen LogP contribution < -0.4 is 4.74 Å². The Bertz CT molecular complexity index is 521. The third-order valence-corrected chi connectivity index (χ3v) is 4.56. The van der Waals surface area contributed by atoms with Gasteiger partial charge in [-0.1, -0.05) is 39.0 Å². The highest BCUT2D eigenvalue weighted by Gasteiger charge is 2.41. The fourth-order valence-electron chi connectivity index (χ4n) is 3.37. The number of benzene rings is 1. The van der Waals surface area contributed by atoms with E-state index in [4.69, 9.17) is 4.74 Å². The first kappa shape index (κ1) is 15.9. The molecule has 0 spiro atoms. The molecule has 0 aliphatic heterocycles. The molecule has 1 aromatic carbocycles. The summed E-state index contributed by atoms with van der Waals surface area (Å²) in [7, 11) is 1.65. The average Bonchev–Trinajstić information content (AvgIpc) is 2.45. The van der Waals surface area contributed by atoms with E-state index >= 15 is 0 Å². The lowest BCUT2D eigenvalue weighted by molar-refractivity contribution is -0.0326. The Balaban J connectivity index is 2.23. The van der Waals surface area contributed by atoms with Gasteiger partial charge in [0.2, 0.25) is 0 Å². The second-order valence-electron chi connectivity index (χ2n) is 6.64. The van der Waals surface area contributed by atoms with Gasteiger partial charge in [-0.2, -0.15) is 0 Å². The van der Waals surface area contributed by atoms with Crippen molar-refractivity contribution < 1.29 is 9.84 Å². The third kappa shape index (κ3) is 3.80. The van der Waals surface area contributed by atoms with Crippen molar-refractivity contribution in [2.45, 2.75) is 45.6 Å². The maximum atomic E-state index is 11.0. The molecular weight excluding hydrogens is 260 g/mol. The highest BCUT2D eigenvalue weighted by Crippen LogP contribution is 2.40. The molecule has 2 rings (SSSR count). The molecule has 0 radical (unpaired) electrons. The van der Waals surface area contributed by atoms with Gasteiger partial charge in [-0.3, -0.25) is 0 Å². The predicted molar refractivity (Wildman–Crippen MR) is 86.2 cm³/mol. The van der Waals surface area contributed by atoms with Crippen LogP contribution in [-0.2, 0) is 0 Å². The maximum Gasteiger partial charge on any atom is 0.129 e. The van der Waals surface area contributed by atoms with Crippen molar-refractivity contribution in [1.29, 1.82) is 0 Å². The minimum absolute atomic E-state index is 0.263. The highest BCUT2D eigenvalue weighted by molar-refractivity contribution is 5.40. The first-order valence-electron chi connectivity index (χ1n) is 7.84. The molecule has 2 nitrogen and oxygen atoms in total. The van der Waals surface area contributed by atoms with Crippen molar-refractivity contribution in [3.63, 3.8) is 0 Å². The Morgan fingerprint density at radius 2 is 1.90 bits per heavy atom. The summed E-state index contributed by atoms with van der Waals surface area (Å²) in [6.07, 6.45) is 3.03. The van der Waals surface area contributed by atoms with Crippen molar-refractivity contribution in [2.75, 3.05) is 7.11 Å². The van der Waals surface area contributed by atoms with Crippen LogP contribution in [0.25, 0.3) is 0 Å². The largest absolute Gasteiger partial charge is 0.497 e. The van der Waals surface area contributed by atoms with Crippen LogP contribution in [0, 0.1) is 29.6 Å². The van der Waals surface area contributed by atoms with E-state index in [1.165, 1.54) is 6.42 Å². The lowest BCUT2D eigenvalue weighted by atomic mass is 9.67. The SMILES string of the molecule is COc1ccc(C#C[C@]2(O)C[C@H](C)CC[C@H]2C(C)C)cc1. The Morgan fingerprint density at radius 1 is 1.24 bits per heavy atom. The van der Waals surface area contributed by atoms with Gasteiger partial charge >= 0.3 is 0 Å². The van der Waals surface area contributed by atoms with Crippen LogP contribution in [0.15, 0.2) is 24.3 Å². The van der Waals surface area contributed by atoms with Gasteiger partial charge in [-0.15, -0.1) is 0 Å². The van der Waals surface area contributed by atoms with E-state index in [9.17, 15) is 5.11 Å². The third-order valence-electron chi connectivity index (χ3n) is 4.56. The maximum absolute atomic E-state index is 11.0. The number of aliphatic hydroxyl groups is 1. The summed E-state index contributed by atoms with van der Waals surface area (Å²) in [6.45, 7) is 6.57. The number of methoxy groups -OCH3 is 1. The molecule has 1 aromatic rings. The van der Waals surface area contributed by atoms with Gasteiger partial charge < -0.3 is 9.84 Å². The fourth-order valence-corrected chi connectivity index (χ4v) is 3.37.